The Morgan fingerprint density at radius 3 is 2.68 bits per heavy atom. The molecule has 25 heavy (non-hydrogen) atoms. The molecule has 0 bridgehead atoms. The normalized spacial score (nSPS) is 10.3. The zero-order valence-electron chi connectivity index (χ0n) is 14.4. The van der Waals surface area contributed by atoms with Crippen LogP contribution < -0.4 is 21.3 Å². The van der Waals surface area contributed by atoms with E-state index in [0.717, 1.165) is 15.9 Å². The van der Waals surface area contributed by atoms with Crippen molar-refractivity contribution >= 4 is 5.82 Å². The van der Waals surface area contributed by atoms with Gasteiger partial charge in [0.25, 0.3) is 5.56 Å². The van der Waals surface area contributed by atoms with E-state index in [0.29, 0.717) is 19.8 Å². The highest BCUT2D eigenvalue weighted by atomic mass is 16.5. The number of methoxy groups -OCH3 is 1. The highest BCUT2D eigenvalue weighted by Crippen LogP contribution is 2.13. The smallest absolute Gasteiger partial charge is 0.332 e. The van der Waals surface area contributed by atoms with Crippen LogP contribution >= 0.6 is 0 Å². The summed E-state index contributed by atoms with van der Waals surface area (Å²) in [5.41, 5.74) is -0.246. The van der Waals surface area contributed by atoms with E-state index in [-0.39, 0.29) is 11.4 Å². The Hall–Kier alpha value is -3.05. The Balaban J connectivity index is 1.97. The zero-order valence-corrected chi connectivity index (χ0v) is 14.4. The molecule has 0 atom stereocenters. The number of nitrogens with zero attached hydrogens (tertiary/aromatic N) is 3. The van der Waals surface area contributed by atoms with Gasteiger partial charge in [0.1, 0.15) is 17.6 Å². The SMILES string of the molecule is COc1cccc(COCCNc2c(C#N)c(=O)n(C)c(=O)n2C)c1. The quantitative estimate of drug-likeness (QED) is 0.738. The Morgan fingerprint density at radius 2 is 2.00 bits per heavy atom. The van der Waals surface area contributed by atoms with Crippen molar-refractivity contribution in [3.05, 3.63) is 56.2 Å². The number of hydrogen-bond donors (Lipinski definition) is 1. The Kier molecular flexibility index (Phi) is 5.98. The predicted molar refractivity (Wildman–Crippen MR) is 92.8 cm³/mol. The number of nitriles is 1. The molecule has 0 unspecified atom stereocenters. The summed E-state index contributed by atoms with van der Waals surface area (Å²) >= 11 is 0. The molecule has 0 radical (unpaired) electrons. The van der Waals surface area contributed by atoms with E-state index in [1.165, 1.54) is 18.7 Å². The molecule has 0 aliphatic rings. The summed E-state index contributed by atoms with van der Waals surface area (Å²) in [5.74, 6) is 0.952. The Bertz CT molecular complexity index is 908. The van der Waals surface area contributed by atoms with Crippen LogP contribution in [0, 0.1) is 11.3 Å². The average molecular weight is 344 g/mol. The maximum atomic E-state index is 12.0. The molecular weight excluding hydrogens is 324 g/mol. The molecule has 1 N–H and O–H groups in total. The van der Waals surface area contributed by atoms with Crippen molar-refractivity contribution in [1.29, 1.82) is 5.26 Å². The second-order valence-electron chi connectivity index (χ2n) is 5.37. The van der Waals surface area contributed by atoms with Crippen LogP contribution in [0.15, 0.2) is 33.9 Å². The van der Waals surface area contributed by atoms with Gasteiger partial charge < -0.3 is 14.8 Å². The predicted octanol–water partition coefficient (Wildman–Crippen LogP) is 0.593. The maximum absolute atomic E-state index is 12.0. The maximum Gasteiger partial charge on any atom is 0.332 e. The molecular formula is C17H20N4O4. The molecule has 2 rings (SSSR count). The molecule has 8 heteroatoms. The molecule has 1 heterocycles. The van der Waals surface area contributed by atoms with Gasteiger partial charge >= 0.3 is 5.69 Å². The molecule has 8 nitrogen and oxygen atoms in total. The number of nitrogens with one attached hydrogen (secondary N) is 1. The van der Waals surface area contributed by atoms with Gasteiger partial charge in [-0.3, -0.25) is 13.9 Å². The largest absolute Gasteiger partial charge is 0.497 e. The van der Waals surface area contributed by atoms with E-state index in [1.807, 2.05) is 30.3 Å². The van der Waals surface area contributed by atoms with Crippen molar-refractivity contribution < 1.29 is 9.47 Å². The highest BCUT2D eigenvalue weighted by Gasteiger charge is 2.14. The van der Waals surface area contributed by atoms with Crippen LogP contribution in [0.2, 0.25) is 0 Å². The van der Waals surface area contributed by atoms with Gasteiger partial charge in [-0.25, -0.2) is 4.79 Å². The standard InChI is InChI=1S/C17H20N4O4/c1-20-15(14(10-18)16(22)21(2)17(20)23)19-7-8-25-11-12-5-4-6-13(9-12)24-3/h4-6,9,19H,7-8,11H2,1-3H3. The van der Waals surface area contributed by atoms with E-state index in [4.69, 9.17) is 9.47 Å². The molecule has 1 aromatic carbocycles. The van der Waals surface area contributed by atoms with Crippen LogP contribution in [0.4, 0.5) is 5.82 Å². The van der Waals surface area contributed by atoms with E-state index in [1.54, 1.807) is 7.11 Å². The summed E-state index contributed by atoms with van der Waals surface area (Å²) < 4.78 is 12.9. The van der Waals surface area contributed by atoms with Gasteiger partial charge in [0.15, 0.2) is 5.56 Å². The zero-order chi connectivity index (χ0) is 18.4. The highest BCUT2D eigenvalue weighted by molar-refractivity contribution is 5.51. The first-order valence-electron chi connectivity index (χ1n) is 7.64. The van der Waals surface area contributed by atoms with E-state index in [2.05, 4.69) is 5.32 Å². The van der Waals surface area contributed by atoms with Crippen LogP contribution in [-0.4, -0.2) is 29.4 Å². The molecule has 2 aromatic rings. The summed E-state index contributed by atoms with van der Waals surface area (Å²) in [7, 11) is 4.44. The number of anilines is 1. The number of rotatable bonds is 7. The molecule has 0 amide bonds. The van der Waals surface area contributed by atoms with Crippen molar-refractivity contribution in [3.8, 4) is 11.8 Å². The molecule has 0 saturated heterocycles. The van der Waals surface area contributed by atoms with Crippen molar-refractivity contribution in [1.82, 2.24) is 9.13 Å². The van der Waals surface area contributed by atoms with E-state index >= 15 is 0 Å². The lowest BCUT2D eigenvalue weighted by atomic mass is 10.2. The van der Waals surface area contributed by atoms with Gasteiger partial charge in [-0.05, 0) is 17.7 Å². The number of hydrogen-bond acceptors (Lipinski definition) is 6. The van der Waals surface area contributed by atoms with Gasteiger partial charge in [-0.15, -0.1) is 0 Å². The van der Waals surface area contributed by atoms with Gasteiger partial charge in [0.05, 0.1) is 20.3 Å². The summed E-state index contributed by atoms with van der Waals surface area (Å²) in [6.07, 6.45) is 0. The lowest BCUT2D eigenvalue weighted by Crippen LogP contribution is -2.40. The molecule has 0 saturated carbocycles. The van der Waals surface area contributed by atoms with E-state index < -0.39 is 11.2 Å². The lowest BCUT2D eigenvalue weighted by Gasteiger charge is -2.13. The number of aromatic nitrogens is 2. The van der Waals surface area contributed by atoms with Crippen LogP contribution in [-0.2, 0) is 25.4 Å². The summed E-state index contributed by atoms with van der Waals surface area (Å²) in [4.78, 5) is 23.9. The first-order chi connectivity index (χ1) is 12.0. The minimum Gasteiger partial charge on any atom is -0.497 e. The average Bonchev–Trinajstić information content (AvgIpc) is 2.64. The van der Waals surface area contributed by atoms with Crippen molar-refractivity contribution in [2.75, 3.05) is 25.6 Å². The Labute approximate surface area is 144 Å². The molecule has 0 aliphatic carbocycles. The van der Waals surface area contributed by atoms with Gasteiger partial charge in [-0.1, -0.05) is 12.1 Å². The first-order valence-corrected chi connectivity index (χ1v) is 7.64. The minimum absolute atomic E-state index is 0.0996. The summed E-state index contributed by atoms with van der Waals surface area (Å²) in [6, 6.07) is 9.38. The fourth-order valence-electron chi connectivity index (χ4n) is 2.35. The number of ether oxygens (including phenoxy) is 2. The molecule has 0 spiro atoms. The van der Waals surface area contributed by atoms with Crippen molar-refractivity contribution in [3.63, 3.8) is 0 Å². The molecule has 1 aromatic heterocycles. The molecule has 132 valence electrons. The third-order valence-electron chi connectivity index (χ3n) is 3.72. The third kappa shape index (κ3) is 4.08. The second kappa shape index (κ2) is 8.17. The second-order valence-corrected chi connectivity index (χ2v) is 5.37. The van der Waals surface area contributed by atoms with Crippen LogP contribution in [0.3, 0.4) is 0 Å². The molecule has 0 aliphatic heterocycles. The summed E-state index contributed by atoms with van der Waals surface area (Å²) in [6.45, 7) is 1.09. The topological polar surface area (TPSA) is 98.3 Å². The monoisotopic (exact) mass is 344 g/mol. The van der Waals surface area contributed by atoms with Crippen molar-refractivity contribution in [2.24, 2.45) is 14.1 Å². The van der Waals surface area contributed by atoms with Crippen molar-refractivity contribution in [2.45, 2.75) is 6.61 Å². The van der Waals surface area contributed by atoms with Crippen LogP contribution in [0.25, 0.3) is 0 Å². The van der Waals surface area contributed by atoms with Gasteiger partial charge in [-0.2, -0.15) is 5.26 Å². The van der Waals surface area contributed by atoms with Gasteiger partial charge in [0, 0.05) is 20.6 Å². The van der Waals surface area contributed by atoms with Crippen LogP contribution in [0.1, 0.15) is 11.1 Å². The van der Waals surface area contributed by atoms with Gasteiger partial charge in [0.2, 0.25) is 0 Å². The van der Waals surface area contributed by atoms with E-state index in [9.17, 15) is 14.9 Å². The fraction of sp³-hybridized carbons (Fsp3) is 0.353. The van der Waals surface area contributed by atoms with Crippen LogP contribution in [0.5, 0.6) is 5.75 Å². The lowest BCUT2D eigenvalue weighted by molar-refractivity contribution is 0.130. The minimum atomic E-state index is -0.620. The third-order valence-corrected chi connectivity index (χ3v) is 3.72. The molecule has 0 fully saturated rings. The fourth-order valence-corrected chi connectivity index (χ4v) is 2.35. The summed E-state index contributed by atoms with van der Waals surface area (Å²) in [5, 5.41) is 12.1. The first kappa shape index (κ1) is 18.3. The number of benzene rings is 1. The Morgan fingerprint density at radius 1 is 1.24 bits per heavy atom.